The van der Waals surface area contributed by atoms with Crippen LogP contribution in [0.3, 0.4) is 0 Å². The Morgan fingerprint density at radius 3 is 2.43 bits per heavy atom. The molecular formula is C10H11NO3. The largest absolute Gasteiger partial charge is 0.480 e. The van der Waals surface area contributed by atoms with Gasteiger partial charge in [-0.1, -0.05) is 24.3 Å². The van der Waals surface area contributed by atoms with E-state index in [0.717, 1.165) is 11.8 Å². The van der Waals surface area contributed by atoms with Crippen molar-refractivity contribution < 1.29 is 14.7 Å². The SMILES string of the molecule is NC(Cc1ccc(C=O)cc1)C(=O)O. The number of rotatable bonds is 4. The van der Waals surface area contributed by atoms with Gasteiger partial charge in [-0.05, 0) is 12.0 Å². The van der Waals surface area contributed by atoms with E-state index in [1.165, 1.54) is 0 Å². The van der Waals surface area contributed by atoms with Gasteiger partial charge >= 0.3 is 5.97 Å². The van der Waals surface area contributed by atoms with Crippen LogP contribution in [0.4, 0.5) is 0 Å². The molecule has 1 atom stereocenters. The van der Waals surface area contributed by atoms with Crippen LogP contribution in [0.15, 0.2) is 24.3 Å². The smallest absolute Gasteiger partial charge is 0.320 e. The summed E-state index contributed by atoms with van der Waals surface area (Å²) in [6, 6.07) is 5.78. The maximum absolute atomic E-state index is 10.4. The van der Waals surface area contributed by atoms with Crippen molar-refractivity contribution in [3.8, 4) is 0 Å². The second-order valence-corrected chi connectivity index (χ2v) is 3.01. The summed E-state index contributed by atoms with van der Waals surface area (Å²) < 4.78 is 0. The summed E-state index contributed by atoms with van der Waals surface area (Å²) in [7, 11) is 0. The molecule has 4 heteroatoms. The zero-order valence-corrected chi connectivity index (χ0v) is 7.51. The Bertz CT molecular complexity index is 332. The number of aldehydes is 1. The van der Waals surface area contributed by atoms with Crippen molar-refractivity contribution in [2.75, 3.05) is 0 Å². The minimum absolute atomic E-state index is 0.272. The molecule has 14 heavy (non-hydrogen) atoms. The van der Waals surface area contributed by atoms with Crippen LogP contribution in [0.5, 0.6) is 0 Å². The first-order valence-corrected chi connectivity index (χ1v) is 4.16. The van der Waals surface area contributed by atoms with Gasteiger partial charge in [0.1, 0.15) is 12.3 Å². The molecule has 0 saturated heterocycles. The van der Waals surface area contributed by atoms with Gasteiger partial charge in [-0.15, -0.1) is 0 Å². The second-order valence-electron chi connectivity index (χ2n) is 3.01. The number of benzene rings is 1. The molecule has 74 valence electrons. The maximum atomic E-state index is 10.4. The summed E-state index contributed by atoms with van der Waals surface area (Å²) >= 11 is 0. The summed E-state index contributed by atoms with van der Waals surface area (Å²) in [4.78, 5) is 20.8. The zero-order chi connectivity index (χ0) is 10.6. The van der Waals surface area contributed by atoms with Crippen molar-refractivity contribution in [1.29, 1.82) is 0 Å². The molecule has 0 radical (unpaired) electrons. The highest BCUT2D eigenvalue weighted by Crippen LogP contribution is 2.04. The molecule has 0 aliphatic carbocycles. The van der Waals surface area contributed by atoms with Crippen molar-refractivity contribution in [2.45, 2.75) is 12.5 Å². The van der Waals surface area contributed by atoms with E-state index in [-0.39, 0.29) is 6.42 Å². The van der Waals surface area contributed by atoms with Gasteiger partial charge < -0.3 is 10.8 Å². The van der Waals surface area contributed by atoms with Crippen LogP contribution in [0.25, 0.3) is 0 Å². The fraction of sp³-hybridized carbons (Fsp3) is 0.200. The third-order valence-corrected chi connectivity index (χ3v) is 1.89. The molecule has 0 saturated carbocycles. The van der Waals surface area contributed by atoms with Crippen molar-refractivity contribution in [2.24, 2.45) is 5.73 Å². The molecule has 0 aliphatic rings. The van der Waals surface area contributed by atoms with Gasteiger partial charge in [0.2, 0.25) is 0 Å². The van der Waals surface area contributed by atoms with E-state index in [1.54, 1.807) is 24.3 Å². The minimum atomic E-state index is -1.02. The third kappa shape index (κ3) is 2.67. The van der Waals surface area contributed by atoms with Crippen molar-refractivity contribution in [1.82, 2.24) is 0 Å². The van der Waals surface area contributed by atoms with Gasteiger partial charge in [-0.25, -0.2) is 0 Å². The molecule has 1 unspecified atom stereocenters. The van der Waals surface area contributed by atoms with Crippen LogP contribution >= 0.6 is 0 Å². The van der Waals surface area contributed by atoms with E-state index in [0.29, 0.717) is 5.56 Å². The first-order chi connectivity index (χ1) is 6.63. The maximum Gasteiger partial charge on any atom is 0.320 e. The topological polar surface area (TPSA) is 80.4 Å². The van der Waals surface area contributed by atoms with Crippen LogP contribution in [-0.4, -0.2) is 23.4 Å². The number of carboxylic acid groups (broad SMARTS) is 1. The summed E-state index contributed by atoms with van der Waals surface area (Å²) in [5.74, 6) is -1.02. The third-order valence-electron chi connectivity index (χ3n) is 1.89. The fourth-order valence-electron chi connectivity index (χ4n) is 1.07. The first-order valence-electron chi connectivity index (χ1n) is 4.16. The monoisotopic (exact) mass is 193 g/mol. The zero-order valence-electron chi connectivity index (χ0n) is 7.51. The van der Waals surface area contributed by atoms with E-state index in [4.69, 9.17) is 10.8 Å². The summed E-state index contributed by atoms with van der Waals surface area (Å²) in [5.41, 5.74) is 6.73. The van der Waals surface area contributed by atoms with Crippen molar-refractivity contribution in [3.63, 3.8) is 0 Å². The standard InChI is InChI=1S/C10H11NO3/c11-9(10(13)14)5-7-1-3-8(6-12)4-2-7/h1-4,6,9H,5,11H2,(H,13,14). The van der Waals surface area contributed by atoms with Crippen molar-refractivity contribution in [3.05, 3.63) is 35.4 Å². The lowest BCUT2D eigenvalue weighted by molar-refractivity contribution is -0.138. The van der Waals surface area contributed by atoms with Crippen LogP contribution in [0, 0.1) is 0 Å². The van der Waals surface area contributed by atoms with E-state index < -0.39 is 12.0 Å². The number of aliphatic carboxylic acids is 1. The Morgan fingerprint density at radius 2 is 2.00 bits per heavy atom. The quantitative estimate of drug-likeness (QED) is 0.680. The van der Waals surface area contributed by atoms with E-state index in [2.05, 4.69) is 0 Å². The minimum Gasteiger partial charge on any atom is -0.480 e. The number of hydrogen-bond acceptors (Lipinski definition) is 3. The fourth-order valence-corrected chi connectivity index (χ4v) is 1.07. The summed E-state index contributed by atoms with van der Waals surface area (Å²) in [5, 5.41) is 8.56. The predicted octanol–water partition coefficient (Wildman–Crippen LogP) is 0.453. The van der Waals surface area contributed by atoms with Gasteiger partial charge in [0, 0.05) is 5.56 Å². The molecule has 0 amide bonds. The Morgan fingerprint density at radius 1 is 1.43 bits per heavy atom. The van der Waals surface area contributed by atoms with E-state index in [9.17, 15) is 9.59 Å². The first kappa shape index (κ1) is 10.4. The number of carbonyl (C=O) groups is 2. The molecule has 1 rings (SSSR count). The second kappa shape index (κ2) is 4.53. The number of carboxylic acids is 1. The van der Waals surface area contributed by atoms with Gasteiger partial charge in [-0.3, -0.25) is 9.59 Å². The molecule has 4 nitrogen and oxygen atoms in total. The van der Waals surface area contributed by atoms with E-state index >= 15 is 0 Å². The van der Waals surface area contributed by atoms with Crippen LogP contribution in [0.1, 0.15) is 15.9 Å². The average Bonchev–Trinajstić information content (AvgIpc) is 2.19. The molecule has 1 aromatic carbocycles. The Kier molecular flexibility index (Phi) is 3.36. The number of nitrogens with two attached hydrogens (primary N) is 1. The van der Waals surface area contributed by atoms with E-state index in [1.807, 2.05) is 0 Å². The summed E-state index contributed by atoms with van der Waals surface area (Å²) in [6.07, 6.45) is 1.01. The van der Waals surface area contributed by atoms with Gasteiger partial charge in [0.05, 0.1) is 0 Å². The lowest BCUT2D eigenvalue weighted by Crippen LogP contribution is -2.32. The highest BCUT2D eigenvalue weighted by Gasteiger charge is 2.11. The van der Waals surface area contributed by atoms with Gasteiger partial charge in [0.25, 0.3) is 0 Å². The van der Waals surface area contributed by atoms with Gasteiger partial charge in [-0.2, -0.15) is 0 Å². The highest BCUT2D eigenvalue weighted by molar-refractivity contribution is 5.75. The molecule has 1 aromatic rings. The molecule has 0 heterocycles. The average molecular weight is 193 g/mol. The lowest BCUT2D eigenvalue weighted by Gasteiger charge is -2.05. The Balaban J connectivity index is 2.68. The molecule has 3 N–H and O–H groups in total. The normalized spacial score (nSPS) is 12.1. The Hall–Kier alpha value is -1.68. The van der Waals surface area contributed by atoms with Crippen LogP contribution < -0.4 is 5.73 Å². The molecule has 0 aromatic heterocycles. The summed E-state index contributed by atoms with van der Waals surface area (Å²) in [6.45, 7) is 0. The molecule has 0 spiro atoms. The van der Waals surface area contributed by atoms with Gasteiger partial charge in [0.15, 0.2) is 0 Å². The predicted molar refractivity (Wildman–Crippen MR) is 51.1 cm³/mol. The van der Waals surface area contributed by atoms with Crippen molar-refractivity contribution >= 4 is 12.3 Å². The lowest BCUT2D eigenvalue weighted by atomic mass is 10.1. The highest BCUT2D eigenvalue weighted by atomic mass is 16.4. The van der Waals surface area contributed by atoms with Crippen LogP contribution in [-0.2, 0) is 11.2 Å². The molecule has 0 fully saturated rings. The molecular weight excluding hydrogens is 182 g/mol. The van der Waals surface area contributed by atoms with Crippen LogP contribution in [0.2, 0.25) is 0 Å². The number of hydrogen-bond donors (Lipinski definition) is 2. The Labute approximate surface area is 81.3 Å². The molecule has 0 bridgehead atoms. The number of carbonyl (C=O) groups excluding carboxylic acids is 1. The molecule has 0 aliphatic heterocycles.